The molecule has 138 valence electrons. The van der Waals surface area contributed by atoms with Crippen molar-refractivity contribution >= 4 is 5.91 Å². The molecule has 1 aliphatic heterocycles. The minimum atomic E-state index is -0.577. The van der Waals surface area contributed by atoms with Crippen LogP contribution in [0.15, 0.2) is 46.1 Å². The van der Waals surface area contributed by atoms with Gasteiger partial charge in [-0.15, -0.1) is 0 Å². The number of benzene rings is 1. The lowest BCUT2D eigenvalue weighted by Crippen LogP contribution is -2.46. The fourth-order valence-electron chi connectivity index (χ4n) is 3.37. The minimum Gasteiger partial charge on any atom is -0.353 e. The van der Waals surface area contributed by atoms with Crippen molar-refractivity contribution in [2.24, 2.45) is 0 Å². The van der Waals surface area contributed by atoms with Gasteiger partial charge in [-0.2, -0.15) is 0 Å². The van der Waals surface area contributed by atoms with Crippen LogP contribution >= 0.6 is 0 Å². The van der Waals surface area contributed by atoms with Gasteiger partial charge >= 0.3 is 5.69 Å². The van der Waals surface area contributed by atoms with Crippen LogP contribution in [0.1, 0.15) is 24.5 Å². The normalized spacial score (nSPS) is 15.3. The van der Waals surface area contributed by atoms with Gasteiger partial charge in [-0.05, 0) is 24.0 Å². The van der Waals surface area contributed by atoms with Crippen molar-refractivity contribution in [2.75, 3.05) is 13.1 Å². The second-order valence-electron chi connectivity index (χ2n) is 6.59. The second kappa shape index (κ2) is 8.14. The molecule has 0 radical (unpaired) electrons. The first-order valence-electron chi connectivity index (χ1n) is 8.94. The highest BCUT2D eigenvalue weighted by atomic mass is 16.2. The monoisotopic (exact) mass is 356 g/mol. The zero-order valence-corrected chi connectivity index (χ0v) is 14.9. The Morgan fingerprint density at radius 3 is 2.73 bits per heavy atom. The third-order valence-electron chi connectivity index (χ3n) is 4.89. The number of aromatic amines is 1. The van der Waals surface area contributed by atoms with Crippen LogP contribution in [-0.2, 0) is 24.3 Å². The molecule has 26 heavy (non-hydrogen) atoms. The number of aromatic nitrogens is 2. The third-order valence-corrected chi connectivity index (χ3v) is 4.89. The van der Waals surface area contributed by atoms with Crippen molar-refractivity contribution in [1.82, 2.24) is 19.8 Å². The van der Waals surface area contributed by atoms with E-state index in [1.807, 2.05) is 0 Å². The Kier molecular flexibility index (Phi) is 5.68. The summed E-state index contributed by atoms with van der Waals surface area (Å²) in [4.78, 5) is 39.4. The Hall–Kier alpha value is -2.67. The lowest BCUT2D eigenvalue weighted by molar-refractivity contribution is -0.122. The van der Waals surface area contributed by atoms with Gasteiger partial charge in [-0.3, -0.25) is 24.0 Å². The largest absolute Gasteiger partial charge is 0.353 e. The zero-order chi connectivity index (χ0) is 18.5. The van der Waals surface area contributed by atoms with Crippen LogP contribution in [0.4, 0.5) is 0 Å². The highest BCUT2D eigenvalue weighted by Crippen LogP contribution is 2.21. The number of hydrogen-bond acceptors (Lipinski definition) is 4. The molecule has 0 fully saturated rings. The fourth-order valence-corrected chi connectivity index (χ4v) is 3.37. The van der Waals surface area contributed by atoms with Crippen molar-refractivity contribution in [3.05, 3.63) is 68.5 Å². The van der Waals surface area contributed by atoms with Crippen LogP contribution in [0.3, 0.4) is 0 Å². The zero-order valence-electron chi connectivity index (χ0n) is 14.9. The molecule has 7 nitrogen and oxygen atoms in total. The maximum atomic E-state index is 12.2. The highest BCUT2D eigenvalue weighted by molar-refractivity contribution is 5.75. The maximum absolute atomic E-state index is 12.2. The first-order chi connectivity index (χ1) is 12.6. The number of H-pyrrole nitrogens is 1. The molecule has 1 amide bonds. The number of fused-ring (bicyclic) bond motifs is 1. The summed E-state index contributed by atoms with van der Waals surface area (Å²) in [6.07, 6.45) is 3.29. The SMILES string of the molecule is CC[C@H](CNC(=O)Cn1ccc(=O)[nH]c1=O)N1CCc2ccccc2C1. The summed E-state index contributed by atoms with van der Waals surface area (Å²) >= 11 is 0. The number of rotatable bonds is 6. The van der Waals surface area contributed by atoms with Crippen LogP contribution in [-0.4, -0.2) is 39.5 Å². The standard InChI is InChI=1S/C19H24N4O3/c1-2-16(22-9-7-14-5-3-4-6-15(14)12-22)11-20-18(25)13-23-10-8-17(24)21-19(23)26/h3-6,8,10,16H,2,7,9,11-13H2,1H3,(H,20,25)(H,21,24,26)/t16-/m1/s1. The molecule has 1 aromatic carbocycles. The Bertz CT molecular complexity index is 887. The maximum Gasteiger partial charge on any atom is 0.328 e. The average molecular weight is 356 g/mol. The predicted octanol–water partition coefficient (Wildman–Crippen LogP) is 0.490. The van der Waals surface area contributed by atoms with E-state index in [1.165, 1.54) is 28.0 Å². The van der Waals surface area contributed by atoms with Gasteiger partial charge in [-0.25, -0.2) is 4.79 Å². The molecule has 7 heteroatoms. The van der Waals surface area contributed by atoms with E-state index in [1.54, 1.807) is 0 Å². The summed E-state index contributed by atoms with van der Waals surface area (Å²) < 4.78 is 1.19. The lowest BCUT2D eigenvalue weighted by atomic mass is 9.98. The quantitative estimate of drug-likeness (QED) is 0.789. The summed E-state index contributed by atoms with van der Waals surface area (Å²) in [5.74, 6) is -0.241. The number of carbonyl (C=O) groups is 1. The van der Waals surface area contributed by atoms with E-state index in [0.29, 0.717) is 6.54 Å². The molecule has 3 rings (SSSR count). The lowest BCUT2D eigenvalue weighted by Gasteiger charge is -2.35. The Labute approximate surface area is 151 Å². The first kappa shape index (κ1) is 18.1. The van der Waals surface area contributed by atoms with Crippen LogP contribution < -0.4 is 16.6 Å². The van der Waals surface area contributed by atoms with Gasteiger partial charge in [0.2, 0.25) is 5.91 Å². The molecule has 0 saturated carbocycles. The van der Waals surface area contributed by atoms with Gasteiger partial charge in [0.25, 0.3) is 5.56 Å². The molecule has 0 unspecified atom stereocenters. The first-order valence-corrected chi connectivity index (χ1v) is 8.94. The Morgan fingerprint density at radius 2 is 2.00 bits per heavy atom. The molecule has 0 bridgehead atoms. The van der Waals surface area contributed by atoms with Gasteiger partial charge in [0.15, 0.2) is 0 Å². The van der Waals surface area contributed by atoms with Crippen molar-refractivity contribution < 1.29 is 4.79 Å². The Morgan fingerprint density at radius 1 is 1.23 bits per heavy atom. The summed E-state index contributed by atoms with van der Waals surface area (Å²) in [6.45, 7) is 4.42. The molecule has 2 aromatic rings. The van der Waals surface area contributed by atoms with Crippen molar-refractivity contribution in [3.8, 4) is 0 Å². The van der Waals surface area contributed by atoms with Crippen molar-refractivity contribution in [1.29, 1.82) is 0 Å². The number of nitrogens with zero attached hydrogens (tertiary/aromatic N) is 2. The minimum absolute atomic E-state index is 0.102. The number of hydrogen-bond donors (Lipinski definition) is 2. The summed E-state index contributed by atoms with van der Waals surface area (Å²) in [6, 6.07) is 9.96. The van der Waals surface area contributed by atoms with E-state index >= 15 is 0 Å². The summed E-state index contributed by atoms with van der Waals surface area (Å²) in [7, 11) is 0. The molecular weight excluding hydrogens is 332 g/mol. The topological polar surface area (TPSA) is 87.2 Å². The number of carbonyl (C=O) groups excluding carboxylic acids is 1. The van der Waals surface area contributed by atoms with Gasteiger partial charge in [-0.1, -0.05) is 31.2 Å². The molecule has 0 saturated heterocycles. The van der Waals surface area contributed by atoms with E-state index in [9.17, 15) is 14.4 Å². The molecule has 1 atom stereocenters. The summed E-state index contributed by atoms with van der Waals surface area (Å²) in [5, 5.41) is 2.91. The van der Waals surface area contributed by atoms with Gasteiger partial charge < -0.3 is 5.32 Å². The Balaban J connectivity index is 1.56. The molecule has 2 heterocycles. The van der Waals surface area contributed by atoms with Crippen LogP contribution in [0, 0.1) is 0 Å². The van der Waals surface area contributed by atoms with E-state index < -0.39 is 11.2 Å². The molecular formula is C19H24N4O3. The number of nitrogens with one attached hydrogen (secondary N) is 2. The van der Waals surface area contributed by atoms with Crippen molar-refractivity contribution in [3.63, 3.8) is 0 Å². The molecule has 0 spiro atoms. The van der Waals surface area contributed by atoms with Crippen molar-refractivity contribution in [2.45, 2.75) is 38.9 Å². The van der Waals surface area contributed by atoms with Crippen LogP contribution in [0.5, 0.6) is 0 Å². The summed E-state index contributed by atoms with van der Waals surface area (Å²) in [5.41, 5.74) is 1.71. The number of amides is 1. The van der Waals surface area contributed by atoms with E-state index in [2.05, 4.69) is 46.4 Å². The predicted molar refractivity (Wildman–Crippen MR) is 99.0 cm³/mol. The van der Waals surface area contributed by atoms with E-state index in [-0.39, 0.29) is 18.5 Å². The van der Waals surface area contributed by atoms with Crippen LogP contribution in [0.2, 0.25) is 0 Å². The average Bonchev–Trinajstić information content (AvgIpc) is 2.64. The smallest absolute Gasteiger partial charge is 0.328 e. The van der Waals surface area contributed by atoms with Crippen LogP contribution in [0.25, 0.3) is 0 Å². The molecule has 2 N–H and O–H groups in total. The highest BCUT2D eigenvalue weighted by Gasteiger charge is 2.22. The fraction of sp³-hybridized carbons (Fsp3) is 0.421. The van der Waals surface area contributed by atoms with E-state index in [0.717, 1.165) is 25.9 Å². The molecule has 1 aliphatic rings. The molecule has 1 aromatic heterocycles. The van der Waals surface area contributed by atoms with Gasteiger partial charge in [0, 0.05) is 37.9 Å². The van der Waals surface area contributed by atoms with E-state index in [4.69, 9.17) is 0 Å². The third kappa shape index (κ3) is 4.29. The second-order valence-corrected chi connectivity index (χ2v) is 6.59. The van der Waals surface area contributed by atoms with Gasteiger partial charge in [0.05, 0.1) is 0 Å². The van der Waals surface area contributed by atoms with Gasteiger partial charge in [0.1, 0.15) is 6.54 Å². The molecule has 0 aliphatic carbocycles.